The normalized spacial score (nSPS) is 13.8. The number of amides is 1. The van der Waals surface area contributed by atoms with Crippen LogP contribution in [0.15, 0.2) is 48.6 Å². The van der Waals surface area contributed by atoms with Crippen LogP contribution in [0.2, 0.25) is 0 Å². The first-order chi connectivity index (χ1) is 26.0. The number of esters is 1. The number of allylic oxidation sites excluding steroid dienone is 8. The monoisotopic (exact) mass is 744 g/mol. The van der Waals surface area contributed by atoms with Crippen LogP contribution in [0.4, 0.5) is 0 Å². The van der Waals surface area contributed by atoms with E-state index in [9.17, 15) is 19.8 Å². The van der Waals surface area contributed by atoms with Gasteiger partial charge in [0.25, 0.3) is 0 Å². The molecule has 0 aliphatic rings. The first-order valence-electron chi connectivity index (χ1n) is 22.4. The van der Waals surface area contributed by atoms with Gasteiger partial charge in [0, 0.05) is 6.42 Å². The minimum Gasteiger partial charge on any atom is -0.462 e. The van der Waals surface area contributed by atoms with Gasteiger partial charge in [0.2, 0.25) is 5.91 Å². The van der Waals surface area contributed by atoms with Crippen LogP contribution in [0.25, 0.3) is 0 Å². The fourth-order valence-electron chi connectivity index (χ4n) is 6.53. The van der Waals surface area contributed by atoms with Crippen molar-refractivity contribution in [3.63, 3.8) is 0 Å². The summed E-state index contributed by atoms with van der Waals surface area (Å²) in [6.45, 7) is 6.28. The highest BCUT2D eigenvalue weighted by atomic mass is 16.5. The molecule has 6 heteroatoms. The number of ether oxygens (including phenoxy) is 1. The zero-order valence-electron chi connectivity index (χ0n) is 34.9. The second-order valence-corrected chi connectivity index (χ2v) is 15.1. The van der Waals surface area contributed by atoms with Gasteiger partial charge in [0.1, 0.15) is 6.10 Å². The highest BCUT2D eigenvalue weighted by Gasteiger charge is 2.24. The van der Waals surface area contributed by atoms with Gasteiger partial charge in [-0.3, -0.25) is 9.59 Å². The fraction of sp³-hybridized carbons (Fsp3) is 0.787. The van der Waals surface area contributed by atoms with Crippen LogP contribution in [0, 0.1) is 0 Å². The maximum Gasteiger partial charge on any atom is 0.306 e. The number of unbranched alkanes of at least 4 members (excludes halogenated alkanes) is 21. The third-order valence-electron chi connectivity index (χ3n) is 9.95. The lowest BCUT2D eigenvalue weighted by molar-refractivity contribution is -0.151. The molecule has 0 aromatic rings. The number of aliphatic hydroxyl groups excluding tert-OH is 2. The van der Waals surface area contributed by atoms with E-state index >= 15 is 0 Å². The first-order valence-corrected chi connectivity index (χ1v) is 22.4. The quantitative estimate of drug-likeness (QED) is 0.0252. The summed E-state index contributed by atoms with van der Waals surface area (Å²) in [7, 11) is 0. The van der Waals surface area contributed by atoms with Gasteiger partial charge in [-0.25, -0.2) is 0 Å². The molecule has 0 saturated heterocycles. The maximum absolute atomic E-state index is 13.1. The molecule has 3 atom stereocenters. The van der Waals surface area contributed by atoms with Gasteiger partial charge < -0.3 is 20.3 Å². The highest BCUT2D eigenvalue weighted by molar-refractivity contribution is 5.77. The first kappa shape index (κ1) is 50.8. The van der Waals surface area contributed by atoms with Crippen LogP contribution in [0.1, 0.15) is 213 Å². The van der Waals surface area contributed by atoms with E-state index in [0.29, 0.717) is 19.3 Å². The zero-order chi connectivity index (χ0) is 38.9. The van der Waals surface area contributed by atoms with Crippen LogP contribution in [0.5, 0.6) is 0 Å². The average Bonchev–Trinajstić information content (AvgIpc) is 3.15. The Morgan fingerprint density at radius 3 is 1.64 bits per heavy atom. The number of hydrogen-bond acceptors (Lipinski definition) is 5. The summed E-state index contributed by atoms with van der Waals surface area (Å²) in [6, 6.07) is -0.707. The number of rotatable bonds is 39. The molecule has 0 bridgehead atoms. The van der Waals surface area contributed by atoms with Crippen molar-refractivity contribution in [1.82, 2.24) is 5.32 Å². The molecular weight excluding hydrogens is 659 g/mol. The number of nitrogens with one attached hydrogen (secondary N) is 1. The van der Waals surface area contributed by atoms with E-state index in [1.807, 2.05) is 0 Å². The van der Waals surface area contributed by atoms with Crippen molar-refractivity contribution in [3.05, 3.63) is 48.6 Å². The molecule has 1 amide bonds. The Hall–Kier alpha value is -2.18. The van der Waals surface area contributed by atoms with E-state index in [0.717, 1.165) is 89.9 Å². The van der Waals surface area contributed by atoms with Crippen LogP contribution in [-0.4, -0.2) is 46.9 Å². The average molecular weight is 744 g/mol. The molecule has 0 spiro atoms. The van der Waals surface area contributed by atoms with Crippen molar-refractivity contribution in [2.75, 3.05) is 6.61 Å². The molecule has 6 nitrogen and oxygen atoms in total. The van der Waals surface area contributed by atoms with E-state index in [1.54, 1.807) is 0 Å². The minimum absolute atomic E-state index is 0.0603. The van der Waals surface area contributed by atoms with Gasteiger partial charge in [0.05, 0.1) is 25.2 Å². The summed E-state index contributed by atoms with van der Waals surface area (Å²) in [5.41, 5.74) is 0. The number of aliphatic hydroxyl groups is 2. The molecule has 308 valence electrons. The Morgan fingerprint density at radius 1 is 0.566 bits per heavy atom. The molecule has 3 unspecified atom stereocenters. The SMILES string of the molecule is CC/C=C/C=C/C=C/CCCCCCCC(CC(=O)NC(CO)C(O)CCCCCCCCCCCC)OC(=O)CCCCCCC/C=C\CCCC. The third-order valence-corrected chi connectivity index (χ3v) is 9.95. The van der Waals surface area contributed by atoms with Crippen molar-refractivity contribution in [2.45, 2.75) is 232 Å². The molecule has 0 rings (SSSR count). The maximum atomic E-state index is 13.1. The lowest BCUT2D eigenvalue weighted by Gasteiger charge is -2.24. The Bertz CT molecular complexity index is 926. The molecule has 0 aliphatic carbocycles. The van der Waals surface area contributed by atoms with Crippen molar-refractivity contribution in [3.8, 4) is 0 Å². The highest BCUT2D eigenvalue weighted by Crippen LogP contribution is 2.17. The molecule has 0 aromatic heterocycles. The van der Waals surface area contributed by atoms with Gasteiger partial charge in [-0.1, -0.05) is 185 Å². The summed E-state index contributed by atoms with van der Waals surface area (Å²) >= 11 is 0. The van der Waals surface area contributed by atoms with E-state index in [4.69, 9.17) is 4.74 Å². The van der Waals surface area contributed by atoms with Crippen molar-refractivity contribution < 1.29 is 24.5 Å². The van der Waals surface area contributed by atoms with Crippen LogP contribution >= 0.6 is 0 Å². The summed E-state index contributed by atoms with van der Waals surface area (Å²) < 4.78 is 5.88. The van der Waals surface area contributed by atoms with Gasteiger partial charge >= 0.3 is 5.97 Å². The number of carbonyl (C=O) groups is 2. The van der Waals surface area contributed by atoms with Gasteiger partial charge in [-0.05, 0) is 64.2 Å². The van der Waals surface area contributed by atoms with E-state index in [2.05, 4.69) is 74.7 Å². The molecule has 0 aromatic carbocycles. The summed E-state index contributed by atoms with van der Waals surface area (Å²) in [5.74, 6) is -0.508. The molecule has 53 heavy (non-hydrogen) atoms. The molecule has 0 fully saturated rings. The van der Waals surface area contributed by atoms with Gasteiger partial charge in [0.15, 0.2) is 0 Å². The number of carbonyl (C=O) groups excluding carboxylic acids is 2. The summed E-state index contributed by atoms with van der Waals surface area (Å²) in [5, 5.41) is 23.6. The van der Waals surface area contributed by atoms with Crippen LogP contribution in [-0.2, 0) is 14.3 Å². The Morgan fingerprint density at radius 2 is 1.06 bits per heavy atom. The summed E-state index contributed by atoms with van der Waals surface area (Å²) in [6.07, 6.45) is 47.4. The predicted molar refractivity (Wildman–Crippen MR) is 227 cm³/mol. The smallest absolute Gasteiger partial charge is 0.306 e. The molecule has 0 heterocycles. The third kappa shape index (κ3) is 36.6. The molecule has 0 saturated carbocycles. The minimum atomic E-state index is -0.792. The van der Waals surface area contributed by atoms with Crippen LogP contribution in [0.3, 0.4) is 0 Å². The van der Waals surface area contributed by atoms with E-state index in [1.165, 1.54) is 77.0 Å². The fourth-order valence-corrected chi connectivity index (χ4v) is 6.53. The van der Waals surface area contributed by atoms with E-state index in [-0.39, 0.29) is 24.9 Å². The van der Waals surface area contributed by atoms with Crippen molar-refractivity contribution in [1.29, 1.82) is 0 Å². The molecule has 0 aliphatic heterocycles. The van der Waals surface area contributed by atoms with Crippen LogP contribution < -0.4 is 5.32 Å². The largest absolute Gasteiger partial charge is 0.462 e. The second kappa shape index (κ2) is 41.0. The van der Waals surface area contributed by atoms with Crippen molar-refractivity contribution in [2.24, 2.45) is 0 Å². The Labute approximate surface area is 327 Å². The zero-order valence-corrected chi connectivity index (χ0v) is 34.9. The molecular formula is C47H85NO5. The molecule has 0 radical (unpaired) electrons. The standard InChI is InChI=1S/C47H85NO5/c1-4-7-10-13-16-19-22-23-25-26-29-32-35-38-43(53-47(52)40-37-34-31-28-24-20-17-14-11-8-5-2)41-46(51)48-44(42-49)45(50)39-36-33-30-27-21-18-15-12-9-6-3/h7,10,13-14,16-17,19,22,43-45,49-50H,4-6,8-9,11-12,15,18,20-21,23-42H2,1-3H3,(H,48,51)/b10-7+,16-13+,17-14-,22-19+. The van der Waals surface area contributed by atoms with Gasteiger partial charge in [-0.15, -0.1) is 0 Å². The van der Waals surface area contributed by atoms with Gasteiger partial charge in [-0.2, -0.15) is 0 Å². The topological polar surface area (TPSA) is 95.9 Å². The lowest BCUT2D eigenvalue weighted by atomic mass is 10.0. The Kier molecular flexibility index (Phi) is 39.3. The number of hydrogen-bond donors (Lipinski definition) is 3. The Balaban J connectivity index is 4.66. The summed E-state index contributed by atoms with van der Waals surface area (Å²) in [4.78, 5) is 25.9. The lowest BCUT2D eigenvalue weighted by Crippen LogP contribution is -2.46. The predicted octanol–water partition coefficient (Wildman–Crippen LogP) is 12.7. The van der Waals surface area contributed by atoms with E-state index < -0.39 is 18.2 Å². The molecule has 3 N–H and O–H groups in total. The second-order valence-electron chi connectivity index (χ2n) is 15.1. The van der Waals surface area contributed by atoms with Crippen molar-refractivity contribution >= 4 is 11.9 Å².